The van der Waals surface area contributed by atoms with Gasteiger partial charge in [-0.25, -0.2) is 9.78 Å². The monoisotopic (exact) mass is 481 g/mol. The molecule has 2 N–H and O–H groups in total. The highest BCUT2D eigenvalue weighted by molar-refractivity contribution is 5.99. The van der Waals surface area contributed by atoms with Crippen LogP contribution in [0.2, 0.25) is 0 Å². The van der Waals surface area contributed by atoms with Crippen LogP contribution in [0.25, 0.3) is 0 Å². The van der Waals surface area contributed by atoms with Crippen LogP contribution in [0.1, 0.15) is 61.1 Å². The Bertz CT molecular complexity index is 985. The summed E-state index contributed by atoms with van der Waals surface area (Å²) in [6, 6.07) is 12.9. The van der Waals surface area contributed by atoms with E-state index in [4.69, 9.17) is 4.74 Å². The third kappa shape index (κ3) is 6.07. The molecule has 7 nitrogen and oxygen atoms in total. The average molecular weight is 482 g/mol. The highest BCUT2D eigenvalue weighted by Gasteiger charge is 2.32. The van der Waals surface area contributed by atoms with Crippen molar-refractivity contribution in [3.63, 3.8) is 0 Å². The fraction of sp³-hybridized carbons (Fsp3) is 0.571. The Hall–Kier alpha value is -2.80. The van der Waals surface area contributed by atoms with Gasteiger partial charge >= 0.3 is 6.03 Å². The van der Waals surface area contributed by atoms with Crippen molar-refractivity contribution in [1.82, 2.24) is 9.88 Å². The molecule has 0 bridgehead atoms. The molecule has 2 heterocycles. The molecular formula is C28H43N5O2. The topological polar surface area (TPSA) is 69.7 Å². The SMILES string of the molecule is CC1CCC(N(C)C2CCN(c3ccc(NC(=O)Nc4ccc(OC5CCCC5)nc4)cc3)C2)C1.[HH].[HH]. The number of carbonyl (C=O) groups is 1. The third-order valence-corrected chi connectivity index (χ3v) is 8.06. The molecule has 3 fully saturated rings. The molecule has 2 amide bonds. The minimum absolute atomic E-state index is 0. The van der Waals surface area contributed by atoms with Crippen molar-refractivity contribution < 1.29 is 12.4 Å². The number of urea groups is 1. The van der Waals surface area contributed by atoms with Crippen LogP contribution in [-0.2, 0) is 0 Å². The summed E-state index contributed by atoms with van der Waals surface area (Å²) in [7, 11) is 2.31. The Labute approximate surface area is 212 Å². The summed E-state index contributed by atoms with van der Waals surface area (Å²) < 4.78 is 5.89. The van der Waals surface area contributed by atoms with Gasteiger partial charge < -0.3 is 20.3 Å². The molecule has 0 radical (unpaired) electrons. The summed E-state index contributed by atoms with van der Waals surface area (Å²) >= 11 is 0. The first-order chi connectivity index (χ1) is 17.0. The maximum absolute atomic E-state index is 12.5. The third-order valence-electron chi connectivity index (χ3n) is 8.06. The molecular weight excluding hydrogens is 438 g/mol. The van der Waals surface area contributed by atoms with Gasteiger partial charge in [-0.1, -0.05) is 6.92 Å². The van der Waals surface area contributed by atoms with Crippen molar-refractivity contribution in [2.24, 2.45) is 5.92 Å². The molecule has 35 heavy (non-hydrogen) atoms. The lowest BCUT2D eigenvalue weighted by molar-refractivity contribution is 0.184. The number of nitrogens with one attached hydrogen (secondary N) is 2. The fourth-order valence-corrected chi connectivity index (χ4v) is 5.90. The lowest BCUT2D eigenvalue weighted by Crippen LogP contribution is -2.40. The van der Waals surface area contributed by atoms with Gasteiger partial charge in [-0.05, 0) is 94.7 Å². The lowest BCUT2D eigenvalue weighted by Gasteiger charge is -2.31. The fourth-order valence-electron chi connectivity index (χ4n) is 5.90. The Morgan fingerprint density at radius 3 is 2.43 bits per heavy atom. The van der Waals surface area contributed by atoms with E-state index >= 15 is 0 Å². The Balaban J connectivity index is 0.00000190. The van der Waals surface area contributed by atoms with Crippen LogP contribution in [0.4, 0.5) is 21.9 Å². The predicted octanol–water partition coefficient (Wildman–Crippen LogP) is 6.24. The molecule has 1 aromatic heterocycles. The minimum Gasteiger partial charge on any atom is -0.474 e. The molecule has 3 unspecified atom stereocenters. The predicted molar refractivity (Wildman–Crippen MR) is 146 cm³/mol. The smallest absolute Gasteiger partial charge is 0.323 e. The number of ether oxygens (including phenoxy) is 1. The second-order valence-electron chi connectivity index (χ2n) is 10.7. The van der Waals surface area contributed by atoms with Crippen LogP contribution in [0, 0.1) is 5.92 Å². The summed E-state index contributed by atoms with van der Waals surface area (Å²) in [5.74, 6) is 1.48. The Morgan fingerprint density at radius 2 is 1.74 bits per heavy atom. The maximum atomic E-state index is 12.5. The number of aromatic nitrogens is 1. The van der Waals surface area contributed by atoms with Crippen molar-refractivity contribution in [3.8, 4) is 5.88 Å². The molecule has 1 aromatic carbocycles. The number of likely N-dealkylation sites (N-methyl/N-ethyl adjacent to an activating group) is 1. The van der Waals surface area contributed by atoms with E-state index in [-0.39, 0.29) is 15.0 Å². The first-order valence-electron chi connectivity index (χ1n) is 13.3. The van der Waals surface area contributed by atoms with Gasteiger partial charge in [-0.15, -0.1) is 0 Å². The van der Waals surface area contributed by atoms with Crippen LogP contribution >= 0.6 is 0 Å². The number of benzene rings is 1. The standard InChI is InChI=1S/C28H39N5O2.2H2/c1-20-7-11-24(17-20)32(2)25-15-16-33(19-25)23-12-8-21(9-13-23)30-28(34)31-22-10-14-27(29-18-22)35-26-5-3-4-6-26;;/h8-10,12-14,18,20,24-26H,3-7,11,15-17,19H2,1-2H3,(H2,30,31,34);2*1H. The van der Waals surface area contributed by atoms with Gasteiger partial charge in [0.15, 0.2) is 0 Å². The minimum atomic E-state index is -0.280. The van der Waals surface area contributed by atoms with Gasteiger partial charge in [0, 0.05) is 45.5 Å². The van der Waals surface area contributed by atoms with E-state index in [1.165, 1.54) is 44.2 Å². The van der Waals surface area contributed by atoms with E-state index in [9.17, 15) is 4.79 Å². The molecule has 2 saturated carbocycles. The van der Waals surface area contributed by atoms with Crippen molar-refractivity contribution >= 4 is 23.1 Å². The Kier molecular flexibility index (Phi) is 7.42. The molecule has 0 spiro atoms. The first-order valence-corrected chi connectivity index (χ1v) is 13.3. The average Bonchev–Trinajstić information content (AvgIpc) is 3.63. The zero-order chi connectivity index (χ0) is 24.2. The van der Waals surface area contributed by atoms with Crippen LogP contribution in [0.5, 0.6) is 5.88 Å². The van der Waals surface area contributed by atoms with E-state index in [1.54, 1.807) is 6.20 Å². The van der Waals surface area contributed by atoms with E-state index in [1.807, 2.05) is 24.3 Å². The zero-order valence-corrected chi connectivity index (χ0v) is 21.1. The number of hydrogen-bond acceptors (Lipinski definition) is 5. The second-order valence-corrected chi connectivity index (χ2v) is 10.7. The molecule has 7 heteroatoms. The summed E-state index contributed by atoms with van der Waals surface area (Å²) in [4.78, 5) is 21.9. The molecule has 1 saturated heterocycles. The van der Waals surface area contributed by atoms with E-state index in [2.05, 4.69) is 51.5 Å². The largest absolute Gasteiger partial charge is 0.474 e. The highest BCUT2D eigenvalue weighted by atomic mass is 16.5. The van der Waals surface area contributed by atoms with Crippen LogP contribution in [-0.4, -0.2) is 54.2 Å². The van der Waals surface area contributed by atoms with E-state index in [0.29, 0.717) is 17.6 Å². The molecule has 192 valence electrons. The number of pyridine rings is 1. The molecule has 5 rings (SSSR count). The van der Waals surface area contributed by atoms with Gasteiger partial charge in [-0.3, -0.25) is 4.90 Å². The van der Waals surface area contributed by atoms with Gasteiger partial charge in [0.05, 0.1) is 11.9 Å². The molecule has 2 aromatic rings. The number of anilines is 3. The molecule has 2 aliphatic carbocycles. The zero-order valence-electron chi connectivity index (χ0n) is 21.1. The van der Waals surface area contributed by atoms with Crippen molar-refractivity contribution in [1.29, 1.82) is 0 Å². The van der Waals surface area contributed by atoms with Gasteiger partial charge in [0.2, 0.25) is 5.88 Å². The Morgan fingerprint density at radius 1 is 1.00 bits per heavy atom. The van der Waals surface area contributed by atoms with Gasteiger partial charge in [0.1, 0.15) is 6.10 Å². The quantitative estimate of drug-likeness (QED) is 0.490. The molecule has 3 atom stereocenters. The lowest BCUT2D eigenvalue weighted by atomic mass is 10.1. The van der Waals surface area contributed by atoms with Gasteiger partial charge in [-0.2, -0.15) is 0 Å². The van der Waals surface area contributed by atoms with Crippen LogP contribution in [0.15, 0.2) is 42.6 Å². The van der Waals surface area contributed by atoms with Gasteiger partial charge in [0.25, 0.3) is 0 Å². The highest BCUT2D eigenvalue weighted by Crippen LogP contribution is 2.32. The number of carbonyl (C=O) groups excluding carboxylic acids is 1. The number of rotatable bonds is 7. The number of nitrogens with zero attached hydrogens (tertiary/aromatic N) is 3. The number of hydrogen-bond donors (Lipinski definition) is 2. The van der Waals surface area contributed by atoms with Crippen molar-refractivity contribution in [2.45, 2.75) is 76.5 Å². The summed E-state index contributed by atoms with van der Waals surface area (Å²) in [6.07, 6.45) is 11.8. The normalized spacial score (nSPS) is 24.8. The number of amides is 2. The van der Waals surface area contributed by atoms with Crippen molar-refractivity contribution in [3.05, 3.63) is 42.6 Å². The summed E-state index contributed by atoms with van der Waals surface area (Å²) in [6.45, 7) is 4.53. The maximum Gasteiger partial charge on any atom is 0.323 e. The molecule has 3 aliphatic rings. The van der Waals surface area contributed by atoms with Crippen LogP contribution < -0.4 is 20.3 Å². The van der Waals surface area contributed by atoms with Crippen LogP contribution in [0.3, 0.4) is 0 Å². The second kappa shape index (κ2) is 10.9. The van der Waals surface area contributed by atoms with E-state index < -0.39 is 0 Å². The summed E-state index contributed by atoms with van der Waals surface area (Å²) in [5, 5.41) is 5.76. The van der Waals surface area contributed by atoms with E-state index in [0.717, 1.165) is 43.6 Å². The molecule has 1 aliphatic heterocycles. The first kappa shape index (κ1) is 23.9. The van der Waals surface area contributed by atoms with Crippen molar-refractivity contribution in [2.75, 3.05) is 35.7 Å². The summed E-state index contributed by atoms with van der Waals surface area (Å²) in [5.41, 5.74) is 2.63.